The van der Waals surface area contributed by atoms with Gasteiger partial charge in [0.05, 0.1) is 56.8 Å². The summed E-state index contributed by atoms with van der Waals surface area (Å²) in [5.74, 6) is -6.32. The van der Waals surface area contributed by atoms with Crippen molar-refractivity contribution in [1.82, 2.24) is 5.06 Å². The fourth-order valence-electron chi connectivity index (χ4n) is 12.1. The second-order valence-corrected chi connectivity index (χ2v) is 32.0. The van der Waals surface area contributed by atoms with Crippen LogP contribution in [0.1, 0.15) is 99.2 Å². The van der Waals surface area contributed by atoms with E-state index >= 15 is 0 Å². The molecule has 6 N–H and O–H groups in total. The van der Waals surface area contributed by atoms with E-state index in [0.717, 1.165) is 18.2 Å². The van der Waals surface area contributed by atoms with E-state index in [9.17, 15) is 92.2 Å². The van der Waals surface area contributed by atoms with Gasteiger partial charge in [0, 0.05) is 93.1 Å². The van der Waals surface area contributed by atoms with Crippen molar-refractivity contribution in [2.75, 3.05) is 75.9 Å². The molecule has 2 amide bonds. The highest BCUT2D eigenvalue weighted by Gasteiger charge is 2.49. The molecule has 3 aliphatic rings. The number of fused-ring (bicyclic) bond motifs is 6. The summed E-state index contributed by atoms with van der Waals surface area (Å²) in [6.07, 6.45) is 5.09. The van der Waals surface area contributed by atoms with Gasteiger partial charge in [0.25, 0.3) is 72.5 Å². The molecule has 0 spiro atoms. The van der Waals surface area contributed by atoms with Crippen LogP contribution in [-0.2, 0) is 95.4 Å². The third kappa shape index (κ3) is 16.8. The molecule has 2 atom stereocenters. The number of hydrogen-bond acceptors (Lipinski definition) is 21. The molecule has 0 saturated carbocycles. The number of carbonyl (C=O) groups excluding carboxylic acids is 3. The summed E-state index contributed by atoms with van der Waals surface area (Å²) >= 11 is 0. The molecule has 29 nitrogen and oxygen atoms in total. The van der Waals surface area contributed by atoms with E-state index in [0.29, 0.717) is 46.8 Å². The van der Waals surface area contributed by atoms with Crippen LogP contribution in [0.3, 0.4) is 0 Å². The first-order chi connectivity index (χ1) is 44.2. The third-order valence-electron chi connectivity index (χ3n) is 16.4. The zero-order valence-corrected chi connectivity index (χ0v) is 56.7. The van der Waals surface area contributed by atoms with Crippen LogP contribution in [0.4, 0.5) is 11.4 Å². The number of imide groups is 1. The van der Waals surface area contributed by atoms with Crippen molar-refractivity contribution in [1.29, 1.82) is 0 Å². The lowest BCUT2D eigenvalue weighted by Gasteiger charge is -2.31. The number of anilines is 1. The lowest BCUT2D eigenvalue weighted by Crippen LogP contribution is -2.33. The van der Waals surface area contributed by atoms with Gasteiger partial charge in [-0.2, -0.15) is 55.1 Å². The highest BCUT2D eigenvalue weighted by Crippen LogP contribution is 2.54. The van der Waals surface area contributed by atoms with Crippen LogP contribution in [-0.4, -0.2) is 182 Å². The van der Waals surface area contributed by atoms with Gasteiger partial charge >= 0.3 is 5.97 Å². The Balaban J connectivity index is 1.52. The smallest absolute Gasteiger partial charge is 0.364 e. The number of hydrogen-bond donors (Lipinski definition) is 6. The first kappa shape index (κ1) is 73.7. The molecule has 3 heterocycles. The van der Waals surface area contributed by atoms with Gasteiger partial charge in [-0.05, 0) is 134 Å². The molecule has 35 heteroatoms. The number of nitrogens with zero attached hydrogens (tertiary/aromatic N) is 3. The molecule has 1 saturated heterocycles. The monoisotopic (exact) mass is 1440 g/mol. The Morgan fingerprint density at radius 2 is 1.17 bits per heavy atom. The summed E-state index contributed by atoms with van der Waals surface area (Å²) in [5, 5.41) is 0.905. The van der Waals surface area contributed by atoms with Crippen LogP contribution < -0.4 is 14.4 Å². The predicted octanol–water partition coefficient (Wildman–Crippen LogP) is 6.69. The standard InChI is InChI=1S/C60H69N3O26S6/c1-6-24-61-46-16-11-38-10-14-41(93(76,77)78)35-44(38)56(46)59(2,22-28-85-4)51(61)18-12-39(55-48(87-26-8-31-91(70,71)72)33-40(34-49(55)88-27-9-32-92(73,74)75)58(66)89-63-53(64)20-21-54(63)65)13-19-52-60(3,23-29-86-5)57-45-36-42(94(79,80)81)37-50(95(82,83)84)43(45)15-17-47(57)62(52)25-7-30-90(67,68)69/h10-19,33-37H,6-9,20-32H2,1-5H3,(H5-,67,68,69,70,71,72,73,74,75,76,77,78,79,80,81,82,83,84)/p+1. The lowest BCUT2D eigenvalue weighted by atomic mass is 9.74. The number of allylic oxidation sites excluding steroid dienone is 6. The molecule has 3 aliphatic heterocycles. The van der Waals surface area contributed by atoms with E-state index in [1.807, 2.05) is 24.5 Å². The Morgan fingerprint density at radius 3 is 1.71 bits per heavy atom. The van der Waals surface area contributed by atoms with Crippen LogP contribution in [0, 0.1) is 0 Å². The van der Waals surface area contributed by atoms with E-state index in [4.69, 9.17) is 23.8 Å². The molecule has 0 aromatic heterocycles. The van der Waals surface area contributed by atoms with Crippen LogP contribution in [0.5, 0.6) is 11.5 Å². The second-order valence-electron chi connectivity index (χ2n) is 23.0. The van der Waals surface area contributed by atoms with Crippen molar-refractivity contribution < 1.29 is 121 Å². The molecular formula is C60H70N3O26S6+. The SMILES string of the molecule is CCC[N+]1=C(/C=C/C(=C/C=C2/N(CCCS(=O)(=O)O)c3ccc4c(S(=O)(=O)O)cc(S(=O)(=O)O)cc4c3C2(C)CCOC)c2c(OCCCS(=O)(=O)O)cc(C(=O)ON3C(=O)CCC3=O)cc2OCCCS(=O)(=O)O)C(C)(CCOC)c2c1ccc1ccc(S(=O)(=O)O)cc21. The maximum atomic E-state index is 14.3. The minimum absolute atomic E-state index is 0.000462. The van der Waals surface area contributed by atoms with Crippen LogP contribution in [0.2, 0.25) is 0 Å². The fraction of sp³-hybridized carbons (Fsp3) is 0.400. The number of ether oxygens (including phenoxy) is 4. The zero-order chi connectivity index (χ0) is 70.0. The predicted molar refractivity (Wildman–Crippen MR) is 345 cm³/mol. The van der Waals surface area contributed by atoms with Gasteiger partial charge in [-0.3, -0.25) is 36.9 Å². The summed E-state index contributed by atoms with van der Waals surface area (Å²) in [4.78, 5) is 44.5. The molecule has 516 valence electrons. The van der Waals surface area contributed by atoms with Gasteiger partial charge in [0.15, 0.2) is 5.71 Å². The number of methoxy groups -OCH3 is 2. The van der Waals surface area contributed by atoms with Crippen molar-refractivity contribution in [3.63, 3.8) is 0 Å². The average Bonchev–Trinajstić information content (AvgIpc) is 1.59. The minimum Gasteiger partial charge on any atom is -0.493 e. The molecule has 5 aromatic carbocycles. The van der Waals surface area contributed by atoms with Crippen molar-refractivity contribution in [3.8, 4) is 11.5 Å². The molecular weight excluding hydrogens is 1370 g/mol. The van der Waals surface area contributed by atoms with E-state index in [2.05, 4.69) is 0 Å². The summed E-state index contributed by atoms with van der Waals surface area (Å²) in [7, 11) is -26.4. The quantitative estimate of drug-likeness (QED) is 0.00885. The minimum atomic E-state index is -5.28. The Hall–Kier alpha value is -7.10. The molecule has 1 fully saturated rings. The highest BCUT2D eigenvalue weighted by atomic mass is 32.2. The molecule has 95 heavy (non-hydrogen) atoms. The van der Waals surface area contributed by atoms with Crippen molar-refractivity contribution in [3.05, 3.63) is 119 Å². The molecule has 0 bridgehead atoms. The largest absolute Gasteiger partial charge is 0.493 e. The van der Waals surface area contributed by atoms with Crippen LogP contribution in [0.25, 0.3) is 27.1 Å². The third-order valence-corrected chi connectivity index (χ3v) is 21.3. The van der Waals surface area contributed by atoms with Gasteiger partial charge in [-0.1, -0.05) is 25.1 Å². The Labute approximate surface area is 549 Å². The van der Waals surface area contributed by atoms with Gasteiger partial charge in [-0.25, -0.2) is 4.79 Å². The van der Waals surface area contributed by atoms with Crippen molar-refractivity contribution in [2.24, 2.45) is 0 Å². The van der Waals surface area contributed by atoms with Gasteiger partial charge < -0.3 is 28.7 Å². The fourth-order valence-corrected chi connectivity index (χ4v) is 15.4. The zero-order valence-electron chi connectivity index (χ0n) is 51.8. The van der Waals surface area contributed by atoms with Crippen molar-refractivity contribution in [2.45, 2.75) is 97.7 Å². The Bertz CT molecular complexity index is 4700. The van der Waals surface area contributed by atoms with Crippen molar-refractivity contribution >= 4 is 123 Å². The molecule has 2 unspecified atom stereocenters. The number of carbonyl (C=O) groups is 3. The van der Waals surface area contributed by atoms with Crippen LogP contribution in [0.15, 0.2) is 111 Å². The van der Waals surface area contributed by atoms with E-state index in [1.54, 1.807) is 30.0 Å². The summed E-state index contributed by atoms with van der Waals surface area (Å²) in [5.41, 5.74) is -1.01. The number of benzene rings is 5. The van der Waals surface area contributed by atoms with Gasteiger partial charge in [-0.15, -0.1) is 5.06 Å². The van der Waals surface area contributed by atoms with Gasteiger partial charge in [0.1, 0.15) is 22.9 Å². The molecule has 0 radical (unpaired) electrons. The molecule has 5 aromatic rings. The summed E-state index contributed by atoms with van der Waals surface area (Å²) in [6.45, 7) is 4.34. The van der Waals surface area contributed by atoms with Gasteiger partial charge in [0.2, 0.25) is 5.69 Å². The summed E-state index contributed by atoms with van der Waals surface area (Å²) < 4.78 is 238. The second kappa shape index (κ2) is 28.5. The average molecular weight is 1440 g/mol. The maximum Gasteiger partial charge on any atom is 0.364 e. The Morgan fingerprint density at radius 1 is 0.621 bits per heavy atom. The maximum absolute atomic E-state index is 14.3. The molecule has 8 rings (SSSR count). The Kier molecular flexibility index (Phi) is 22.1. The first-order valence-electron chi connectivity index (χ1n) is 29.2. The lowest BCUT2D eigenvalue weighted by molar-refractivity contribution is -0.437. The number of hydroxylamine groups is 2. The number of amides is 2. The van der Waals surface area contributed by atoms with E-state index in [-0.39, 0.29) is 107 Å². The van der Waals surface area contributed by atoms with E-state index < -0.39 is 153 Å². The topological polar surface area (TPSA) is 433 Å². The molecule has 0 aliphatic carbocycles. The highest BCUT2D eigenvalue weighted by molar-refractivity contribution is 7.87. The normalized spacial score (nSPS) is 18.7. The first-order valence-corrected chi connectivity index (χ1v) is 38.4. The van der Waals surface area contributed by atoms with E-state index in [1.165, 1.54) is 56.7 Å². The van der Waals surface area contributed by atoms with Crippen LogP contribution >= 0.6 is 0 Å². The summed E-state index contributed by atoms with van der Waals surface area (Å²) in [6, 6.07) is 14.1. The number of rotatable bonds is 31.